The van der Waals surface area contributed by atoms with E-state index in [2.05, 4.69) is 9.97 Å². The molecule has 0 aliphatic carbocycles. The van der Waals surface area contributed by atoms with Crippen LogP contribution in [0.5, 0.6) is 5.75 Å². The van der Waals surface area contributed by atoms with Crippen LogP contribution in [0.3, 0.4) is 0 Å². The zero-order chi connectivity index (χ0) is 22.8. The number of H-pyrrole nitrogens is 1. The normalized spacial score (nSPS) is 14.6. The fourth-order valence-corrected chi connectivity index (χ4v) is 4.11. The van der Waals surface area contributed by atoms with Gasteiger partial charge in [0.2, 0.25) is 0 Å². The standard InChI is InChI=1S/C22H25N3O7/c1-12-18(22(28)29-3)17(32-9-8-31-13(2)26)10-15-19(12)24-21(27)16-11-23-20(25(15)16)14-4-6-30-7-5-14/h10-11,14H,4-9H2,1-3H3,(H,24,27). The lowest BCUT2D eigenvalue weighted by atomic mass is 9.99. The van der Waals surface area contributed by atoms with Gasteiger partial charge in [-0.25, -0.2) is 9.78 Å². The number of methoxy groups -OCH3 is 1. The van der Waals surface area contributed by atoms with Crippen molar-refractivity contribution in [1.82, 2.24) is 14.4 Å². The lowest BCUT2D eigenvalue weighted by Crippen LogP contribution is -2.19. The number of aromatic nitrogens is 3. The predicted molar refractivity (Wildman–Crippen MR) is 114 cm³/mol. The summed E-state index contributed by atoms with van der Waals surface area (Å²) in [6.45, 7) is 4.39. The number of benzene rings is 1. The second kappa shape index (κ2) is 8.99. The highest BCUT2D eigenvalue weighted by atomic mass is 16.6. The molecule has 1 aliphatic rings. The molecule has 0 spiro atoms. The van der Waals surface area contributed by atoms with Crippen LogP contribution >= 0.6 is 0 Å². The van der Waals surface area contributed by atoms with Crippen LogP contribution in [-0.2, 0) is 19.0 Å². The first-order valence-corrected chi connectivity index (χ1v) is 10.4. The number of aromatic amines is 1. The fourth-order valence-electron chi connectivity index (χ4n) is 4.11. The first-order valence-electron chi connectivity index (χ1n) is 10.4. The minimum atomic E-state index is -0.594. The number of esters is 2. The number of carbonyl (C=O) groups is 2. The van der Waals surface area contributed by atoms with Gasteiger partial charge < -0.3 is 23.9 Å². The average molecular weight is 443 g/mol. The van der Waals surface area contributed by atoms with Crippen molar-refractivity contribution < 1.29 is 28.5 Å². The molecule has 170 valence electrons. The SMILES string of the molecule is COC(=O)c1c(OCCOC(C)=O)cc2c([nH]c(=O)c3cnc(C4CCOCC4)n32)c1C. The molecule has 3 heterocycles. The van der Waals surface area contributed by atoms with E-state index in [4.69, 9.17) is 18.9 Å². The molecule has 0 radical (unpaired) electrons. The van der Waals surface area contributed by atoms with Gasteiger partial charge in [-0.05, 0) is 25.3 Å². The quantitative estimate of drug-likeness (QED) is 0.454. The third kappa shape index (κ3) is 3.93. The Balaban J connectivity index is 1.91. The highest BCUT2D eigenvalue weighted by molar-refractivity contribution is 6.00. The van der Waals surface area contributed by atoms with E-state index >= 15 is 0 Å². The van der Waals surface area contributed by atoms with E-state index < -0.39 is 11.9 Å². The fraction of sp³-hybridized carbons (Fsp3) is 0.455. The van der Waals surface area contributed by atoms with Gasteiger partial charge in [-0.2, -0.15) is 0 Å². The van der Waals surface area contributed by atoms with E-state index in [0.717, 1.165) is 18.7 Å². The smallest absolute Gasteiger partial charge is 0.341 e. The average Bonchev–Trinajstić information content (AvgIpc) is 3.24. The number of nitrogens with zero attached hydrogens (tertiary/aromatic N) is 2. The number of nitrogens with one attached hydrogen (secondary N) is 1. The van der Waals surface area contributed by atoms with Crippen molar-refractivity contribution in [2.75, 3.05) is 33.5 Å². The van der Waals surface area contributed by atoms with Crippen LogP contribution in [0, 0.1) is 6.92 Å². The number of hydrogen-bond donors (Lipinski definition) is 1. The van der Waals surface area contributed by atoms with E-state index in [9.17, 15) is 14.4 Å². The van der Waals surface area contributed by atoms with Gasteiger partial charge in [-0.15, -0.1) is 0 Å². The van der Waals surface area contributed by atoms with E-state index in [-0.39, 0.29) is 36.0 Å². The maximum atomic E-state index is 12.8. The van der Waals surface area contributed by atoms with Gasteiger partial charge in [-0.1, -0.05) is 0 Å². The van der Waals surface area contributed by atoms with E-state index in [1.165, 1.54) is 14.0 Å². The Morgan fingerprint density at radius 2 is 2.00 bits per heavy atom. The first-order chi connectivity index (χ1) is 15.4. The maximum absolute atomic E-state index is 12.8. The van der Waals surface area contributed by atoms with Crippen molar-refractivity contribution in [1.29, 1.82) is 0 Å². The molecule has 10 nitrogen and oxygen atoms in total. The van der Waals surface area contributed by atoms with Crippen molar-refractivity contribution >= 4 is 28.5 Å². The number of imidazole rings is 1. The van der Waals surface area contributed by atoms with Crippen LogP contribution in [-0.4, -0.2) is 59.8 Å². The van der Waals surface area contributed by atoms with Crippen LogP contribution in [0.15, 0.2) is 17.1 Å². The molecule has 0 atom stereocenters. The summed E-state index contributed by atoms with van der Waals surface area (Å²) in [5, 5.41) is 0. The predicted octanol–water partition coefficient (Wildman–Crippen LogP) is 2.11. The molecule has 0 amide bonds. The molecule has 1 aliphatic heterocycles. The maximum Gasteiger partial charge on any atom is 0.341 e. The summed E-state index contributed by atoms with van der Waals surface area (Å²) in [6.07, 6.45) is 3.17. The van der Waals surface area contributed by atoms with Crippen molar-refractivity contribution in [2.45, 2.75) is 32.6 Å². The summed E-state index contributed by atoms with van der Waals surface area (Å²) in [7, 11) is 1.28. The van der Waals surface area contributed by atoms with E-state index in [0.29, 0.717) is 35.3 Å². The molecule has 1 N–H and O–H groups in total. The van der Waals surface area contributed by atoms with E-state index in [1.54, 1.807) is 19.2 Å². The van der Waals surface area contributed by atoms with Crippen LogP contribution in [0.1, 0.15) is 47.4 Å². The molecule has 3 aromatic rings. The van der Waals surface area contributed by atoms with Gasteiger partial charge in [-0.3, -0.25) is 14.0 Å². The van der Waals surface area contributed by atoms with Crippen LogP contribution in [0.2, 0.25) is 0 Å². The summed E-state index contributed by atoms with van der Waals surface area (Å²) in [5.41, 5.74) is 1.99. The Hall–Kier alpha value is -3.40. The number of ether oxygens (including phenoxy) is 4. The van der Waals surface area contributed by atoms with Crippen molar-refractivity contribution in [2.24, 2.45) is 0 Å². The third-order valence-electron chi connectivity index (χ3n) is 5.64. The molecule has 0 saturated carbocycles. The van der Waals surface area contributed by atoms with Gasteiger partial charge in [0, 0.05) is 32.1 Å². The third-order valence-corrected chi connectivity index (χ3v) is 5.64. The van der Waals surface area contributed by atoms with Crippen LogP contribution in [0.25, 0.3) is 16.6 Å². The topological polar surface area (TPSA) is 121 Å². The Bertz CT molecular complexity index is 1240. The second-order valence-electron chi connectivity index (χ2n) is 7.63. The zero-order valence-corrected chi connectivity index (χ0v) is 18.2. The number of aryl methyl sites for hydroxylation is 1. The molecule has 0 unspecified atom stereocenters. The Morgan fingerprint density at radius 1 is 1.25 bits per heavy atom. The number of fused-ring (bicyclic) bond motifs is 3. The second-order valence-corrected chi connectivity index (χ2v) is 7.63. The first kappa shape index (κ1) is 21.8. The zero-order valence-electron chi connectivity index (χ0n) is 18.2. The highest BCUT2D eigenvalue weighted by Gasteiger charge is 2.25. The monoisotopic (exact) mass is 443 g/mol. The summed E-state index contributed by atoms with van der Waals surface area (Å²) < 4.78 is 23.0. The summed E-state index contributed by atoms with van der Waals surface area (Å²) in [4.78, 5) is 43.8. The van der Waals surface area contributed by atoms with Gasteiger partial charge in [0.05, 0.1) is 24.3 Å². The number of hydrogen-bond acceptors (Lipinski definition) is 8. The molecule has 1 fully saturated rings. The van der Waals surface area contributed by atoms with Gasteiger partial charge >= 0.3 is 11.9 Å². The van der Waals surface area contributed by atoms with Crippen LogP contribution < -0.4 is 10.3 Å². The van der Waals surface area contributed by atoms with Gasteiger partial charge in [0.15, 0.2) is 0 Å². The minimum absolute atomic E-state index is 0.0342. The highest BCUT2D eigenvalue weighted by Crippen LogP contribution is 2.33. The van der Waals surface area contributed by atoms with Crippen molar-refractivity contribution in [3.05, 3.63) is 39.6 Å². The molecule has 10 heteroatoms. The van der Waals surface area contributed by atoms with E-state index in [1.807, 2.05) is 4.40 Å². The lowest BCUT2D eigenvalue weighted by Gasteiger charge is -2.22. The van der Waals surface area contributed by atoms with Gasteiger partial charge in [0.1, 0.15) is 35.9 Å². The molecular formula is C22H25N3O7. The lowest BCUT2D eigenvalue weighted by molar-refractivity contribution is -0.141. The van der Waals surface area contributed by atoms with Gasteiger partial charge in [0.25, 0.3) is 5.56 Å². The number of carbonyl (C=O) groups excluding carboxylic acids is 2. The summed E-state index contributed by atoms with van der Waals surface area (Å²) >= 11 is 0. The Kier molecular flexibility index (Phi) is 6.13. The Labute approximate surface area is 183 Å². The molecule has 32 heavy (non-hydrogen) atoms. The molecular weight excluding hydrogens is 418 g/mol. The summed E-state index contributed by atoms with van der Waals surface area (Å²) in [6, 6.07) is 1.69. The minimum Gasteiger partial charge on any atom is -0.489 e. The molecule has 1 saturated heterocycles. The summed E-state index contributed by atoms with van der Waals surface area (Å²) in [5.74, 6) is 0.174. The van der Waals surface area contributed by atoms with Crippen LogP contribution in [0.4, 0.5) is 0 Å². The Morgan fingerprint density at radius 3 is 2.69 bits per heavy atom. The van der Waals surface area contributed by atoms with Crippen molar-refractivity contribution in [3.63, 3.8) is 0 Å². The molecule has 1 aromatic carbocycles. The molecule has 0 bridgehead atoms. The number of rotatable bonds is 6. The van der Waals surface area contributed by atoms with Crippen molar-refractivity contribution in [3.8, 4) is 5.75 Å². The molecule has 2 aromatic heterocycles. The largest absolute Gasteiger partial charge is 0.489 e. The molecule has 4 rings (SSSR count).